The van der Waals surface area contributed by atoms with Gasteiger partial charge in [-0.3, -0.25) is 0 Å². The van der Waals surface area contributed by atoms with Gasteiger partial charge in [-0.2, -0.15) is 4.31 Å². The molecular formula is C44H48Cl2FN3O4S. The first-order valence-electron chi connectivity index (χ1n) is 18.3. The van der Waals surface area contributed by atoms with Crippen molar-refractivity contribution < 1.29 is 22.7 Å². The predicted molar refractivity (Wildman–Crippen MR) is 222 cm³/mol. The Morgan fingerprint density at radius 1 is 0.727 bits per heavy atom. The van der Waals surface area contributed by atoms with Crippen molar-refractivity contribution in [2.45, 2.75) is 77.9 Å². The van der Waals surface area contributed by atoms with Gasteiger partial charge in [0.25, 0.3) is 0 Å². The Hall–Kier alpha value is -4.41. The van der Waals surface area contributed by atoms with E-state index in [0.29, 0.717) is 24.2 Å². The molecule has 0 atom stereocenters. The maximum absolute atomic E-state index is 14.3. The van der Waals surface area contributed by atoms with E-state index < -0.39 is 20.7 Å². The Morgan fingerprint density at radius 2 is 1.25 bits per heavy atom. The number of halogens is 3. The first-order chi connectivity index (χ1) is 26.0. The van der Waals surface area contributed by atoms with Crippen molar-refractivity contribution in [2.75, 3.05) is 11.9 Å². The average molecular weight is 805 g/mol. The molecule has 0 aliphatic carbocycles. The molecule has 0 radical (unpaired) electrons. The summed E-state index contributed by atoms with van der Waals surface area (Å²) in [5, 5.41) is 13.9. The van der Waals surface area contributed by atoms with Crippen LogP contribution >= 0.6 is 23.2 Å². The third-order valence-corrected chi connectivity index (χ3v) is 11.6. The largest absolute Gasteiger partial charge is 0.505 e. The van der Waals surface area contributed by atoms with E-state index in [4.69, 9.17) is 23.2 Å². The number of para-hydroxylation sites is 1. The second-order valence-electron chi connectivity index (χ2n) is 14.9. The van der Waals surface area contributed by atoms with Crippen molar-refractivity contribution in [3.05, 3.63) is 147 Å². The minimum absolute atomic E-state index is 0.0465. The summed E-state index contributed by atoms with van der Waals surface area (Å²) in [6.07, 6.45) is 0. The third-order valence-electron chi connectivity index (χ3n) is 9.30. The zero-order valence-electron chi connectivity index (χ0n) is 32.0. The van der Waals surface area contributed by atoms with Crippen molar-refractivity contribution in [3.8, 4) is 16.9 Å². The predicted octanol–water partition coefficient (Wildman–Crippen LogP) is 11.8. The Morgan fingerprint density at radius 3 is 1.82 bits per heavy atom. The normalized spacial score (nSPS) is 11.9. The zero-order chi connectivity index (χ0) is 40.0. The van der Waals surface area contributed by atoms with Crippen LogP contribution in [0.3, 0.4) is 0 Å². The molecule has 0 aliphatic heterocycles. The van der Waals surface area contributed by atoms with Crippen molar-refractivity contribution in [1.29, 1.82) is 0 Å². The van der Waals surface area contributed by atoms with E-state index in [1.54, 1.807) is 17.0 Å². The molecule has 11 heteroatoms. The van der Waals surface area contributed by atoms with E-state index in [1.165, 1.54) is 28.6 Å². The Balaban J connectivity index is 1.46. The van der Waals surface area contributed by atoms with E-state index in [9.17, 15) is 22.7 Å². The summed E-state index contributed by atoms with van der Waals surface area (Å²) in [7, 11) is -4.36. The van der Waals surface area contributed by atoms with Crippen LogP contribution in [0.25, 0.3) is 11.1 Å². The summed E-state index contributed by atoms with van der Waals surface area (Å²) >= 11 is 12.4. The van der Waals surface area contributed by atoms with Crippen LogP contribution in [0.1, 0.15) is 81.2 Å². The molecule has 0 spiro atoms. The molecule has 0 fully saturated rings. The van der Waals surface area contributed by atoms with Crippen molar-refractivity contribution in [1.82, 2.24) is 9.21 Å². The lowest BCUT2D eigenvalue weighted by molar-refractivity contribution is 0.201. The second-order valence-corrected chi connectivity index (χ2v) is 17.6. The maximum atomic E-state index is 14.3. The first kappa shape index (κ1) is 41.7. The summed E-state index contributed by atoms with van der Waals surface area (Å²) in [6, 6.07) is 29.3. The molecule has 7 nitrogen and oxygen atoms in total. The fraction of sp³-hybridized carbons (Fsp3) is 0.295. The lowest BCUT2D eigenvalue weighted by Gasteiger charge is -2.28. The number of nitrogens with zero attached hydrogens (tertiary/aromatic N) is 2. The Labute approximate surface area is 334 Å². The smallest absolute Gasteiger partial charge is 0.322 e. The number of urea groups is 1. The van der Waals surface area contributed by atoms with Crippen LogP contribution in [0.5, 0.6) is 5.75 Å². The van der Waals surface area contributed by atoms with Crippen LogP contribution < -0.4 is 5.32 Å². The van der Waals surface area contributed by atoms with Crippen LogP contribution in [0, 0.1) is 11.7 Å². The molecule has 5 aromatic carbocycles. The second kappa shape index (κ2) is 18.0. The molecule has 0 heterocycles. The van der Waals surface area contributed by atoms with Gasteiger partial charge in [-0.15, -0.1) is 0 Å². The van der Waals surface area contributed by atoms with E-state index in [0.717, 1.165) is 33.5 Å². The molecule has 55 heavy (non-hydrogen) atoms. The zero-order valence-corrected chi connectivity index (χ0v) is 34.3. The van der Waals surface area contributed by atoms with E-state index in [1.807, 2.05) is 54.6 Å². The number of phenols is 1. The highest BCUT2D eigenvalue weighted by molar-refractivity contribution is 7.89. The monoisotopic (exact) mass is 803 g/mol. The van der Waals surface area contributed by atoms with Gasteiger partial charge in [0.1, 0.15) is 10.7 Å². The number of carbonyl (C=O) groups excluding carboxylic acids is 1. The van der Waals surface area contributed by atoms with Gasteiger partial charge < -0.3 is 15.3 Å². The summed E-state index contributed by atoms with van der Waals surface area (Å²) in [5.74, 6) is -0.321. The molecule has 2 N–H and O–H groups in total. The van der Waals surface area contributed by atoms with Crippen LogP contribution in [0.4, 0.5) is 14.9 Å². The number of nitrogens with one attached hydrogen (secondary N) is 1. The molecule has 5 aromatic rings. The molecule has 0 aliphatic rings. The van der Waals surface area contributed by atoms with Gasteiger partial charge >= 0.3 is 6.03 Å². The fourth-order valence-electron chi connectivity index (χ4n) is 6.54. The lowest BCUT2D eigenvalue weighted by atomic mass is 9.93. The van der Waals surface area contributed by atoms with Gasteiger partial charge in [-0.25, -0.2) is 17.6 Å². The molecule has 0 bridgehead atoms. The standard InChI is InChI=1S/C44H48Cl2FN3O4S/c1-28(2)24-49(44(52)48-42-38(29(3)4)11-8-12-39(42)30(5)6)25-32-9-7-10-33(21-32)27-50(55(53,54)41-23-36(45)22-40(46)43(41)51)26-31-13-15-34(16-14-31)35-17-19-37(47)20-18-35/h7-23,28-30,51H,24-27H2,1-6H3,(H,48,52). The average Bonchev–Trinajstić information content (AvgIpc) is 3.13. The molecule has 290 valence electrons. The van der Waals surface area contributed by atoms with E-state index >= 15 is 0 Å². The van der Waals surface area contributed by atoms with Crippen LogP contribution in [-0.2, 0) is 29.7 Å². The lowest BCUT2D eigenvalue weighted by Crippen LogP contribution is -2.37. The number of phenolic OH excluding ortho intramolecular Hbond substituents is 1. The molecular weight excluding hydrogens is 756 g/mol. The molecule has 0 aromatic heterocycles. The van der Waals surface area contributed by atoms with Crippen molar-refractivity contribution in [2.24, 2.45) is 5.92 Å². The number of carbonyl (C=O) groups is 1. The fourth-order valence-corrected chi connectivity index (χ4v) is 8.70. The van der Waals surface area contributed by atoms with E-state index in [2.05, 4.69) is 59.0 Å². The Kier molecular flexibility index (Phi) is 13.7. The molecule has 0 unspecified atom stereocenters. The van der Waals surface area contributed by atoms with Gasteiger partial charge in [0, 0.05) is 36.9 Å². The molecule has 0 saturated heterocycles. The third kappa shape index (κ3) is 10.5. The van der Waals surface area contributed by atoms with Gasteiger partial charge in [0.15, 0.2) is 5.75 Å². The highest BCUT2D eigenvalue weighted by Gasteiger charge is 2.30. The van der Waals surface area contributed by atoms with Gasteiger partial charge in [-0.05, 0) is 81.0 Å². The maximum Gasteiger partial charge on any atom is 0.322 e. The first-order valence-corrected chi connectivity index (χ1v) is 20.5. The number of anilines is 1. The molecule has 5 rings (SSSR count). The summed E-state index contributed by atoms with van der Waals surface area (Å²) in [5.41, 5.74) is 6.83. The summed E-state index contributed by atoms with van der Waals surface area (Å²) in [6.45, 7) is 13.3. The Bertz CT molecular complexity index is 2200. The van der Waals surface area contributed by atoms with Crippen LogP contribution in [-0.4, -0.2) is 35.3 Å². The van der Waals surface area contributed by atoms with E-state index in [-0.39, 0.29) is 52.7 Å². The highest BCUT2D eigenvalue weighted by Crippen LogP contribution is 2.37. The van der Waals surface area contributed by atoms with Crippen molar-refractivity contribution >= 4 is 44.9 Å². The number of benzene rings is 5. The molecule has 2 amide bonds. The number of hydrogen-bond acceptors (Lipinski definition) is 4. The quantitative estimate of drug-likeness (QED) is 0.117. The van der Waals surface area contributed by atoms with Crippen LogP contribution in [0.15, 0.2) is 108 Å². The van der Waals surface area contributed by atoms with Crippen molar-refractivity contribution in [3.63, 3.8) is 0 Å². The minimum Gasteiger partial charge on any atom is -0.505 e. The number of hydrogen-bond donors (Lipinski definition) is 2. The summed E-state index contributed by atoms with van der Waals surface area (Å²) < 4.78 is 43.5. The minimum atomic E-state index is -4.36. The molecule has 0 saturated carbocycles. The number of rotatable bonds is 14. The number of sulfonamides is 1. The topological polar surface area (TPSA) is 90.0 Å². The number of amides is 2. The SMILES string of the molecule is CC(C)CN(Cc1cccc(CN(Cc2ccc(-c3ccc(F)cc3)cc2)S(=O)(=O)c2cc(Cl)cc(Cl)c2O)c1)C(=O)Nc1c(C(C)C)cccc1C(C)C. The highest BCUT2D eigenvalue weighted by atomic mass is 35.5. The van der Waals surface area contributed by atoms with Gasteiger partial charge in [0.05, 0.1) is 5.02 Å². The number of aromatic hydroxyl groups is 1. The van der Waals surface area contributed by atoms with Gasteiger partial charge in [0.2, 0.25) is 10.0 Å². The summed E-state index contributed by atoms with van der Waals surface area (Å²) in [4.78, 5) is 15.4. The van der Waals surface area contributed by atoms with Crippen LogP contribution in [0.2, 0.25) is 10.0 Å². The van der Waals surface area contributed by atoms with Gasteiger partial charge in [-0.1, -0.05) is 144 Å².